The Balaban J connectivity index is 1.12. The van der Waals surface area contributed by atoms with E-state index in [4.69, 9.17) is 0 Å². The molecule has 0 saturated carbocycles. The molecule has 0 unspecified atom stereocenters. The van der Waals surface area contributed by atoms with Gasteiger partial charge in [0, 0.05) is 61.8 Å². The third-order valence-electron chi connectivity index (χ3n) is 7.33. The third-order valence-corrected chi connectivity index (χ3v) is 7.33. The summed E-state index contributed by atoms with van der Waals surface area (Å²) < 4.78 is 0. The second kappa shape index (κ2) is 10.3. The highest BCUT2D eigenvalue weighted by Gasteiger charge is 2.32. The molecule has 2 aromatic carbocycles. The van der Waals surface area contributed by atoms with Crippen molar-refractivity contribution in [3.05, 3.63) is 71.8 Å². The number of hydrogen-bond donors (Lipinski definition) is 1. The number of likely N-dealkylation sites (tertiary alicyclic amines) is 1. The van der Waals surface area contributed by atoms with Gasteiger partial charge in [0.25, 0.3) is 0 Å². The molecule has 2 aromatic rings. The van der Waals surface area contributed by atoms with Gasteiger partial charge in [0.05, 0.1) is 0 Å². The number of para-hydroxylation sites is 1. The van der Waals surface area contributed by atoms with Crippen molar-refractivity contribution in [2.75, 3.05) is 36.4 Å². The highest BCUT2D eigenvalue weighted by atomic mass is 16.2. The number of amides is 3. The quantitative estimate of drug-likeness (QED) is 0.515. The molecule has 35 heavy (non-hydrogen) atoms. The summed E-state index contributed by atoms with van der Waals surface area (Å²) in [5.74, 6) is -0.322. The Bertz CT molecular complexity index is 1110. The number of anilines is 2. The average molecular weight is 473 g/mol. The molecular formula is C28H32N4O3. The first-order chi connectivity index (χ1) is 17.1. The van der Waals surface area contributed by atoms with Crippen LogP contribution in [0.1, 0.15) is 48.0 Å². The lowest BCUT2D eigenvalue weighted by molar-refractivity contribution is -0.127. The van der Waals surface area contributed by atoms with E-state index >= 15 is 0 Å². The van der Waals surface area contributed by atoms with E-state index in [0.29, 0.717) is 25.2 Å². The molecule has 0 radical (unpaired) electrons. The number of piperidine rings is 2. The normalized spacial score (nSPS) is 19.0. The molecule has 3 amide bonds. The molecule has 0 bridgehead atoms. The van der Waals surface area contributed by atoms with Gasteiger partial charge < -0.3 is 20.0 Å². The van der Waals surface area contributed by atoms with E-state index in [1.165, 1.54) is 31.4 Å². The maximum absolute atomic E-state index is 12.7. The summed E-state index contributed by atoms with van der Waals surface area (Å²) in [5, 5.41) is 2.97. The third kappa shape index (κ3) is 5.24. The van der Waals surface area contributed by atoms with Gasteiger partial charge in [-0.25, -0.2) is 4.79 Å². The maximum Gasteiger partial charge on any atom is 0.322 e. The van der Waals surface area contributed by atoms with Crippen LogP contribution >= 0.6 is 0 Å². The molecule has 0 aliphatic carbocycles. The van der Waals surface area contributed by atoms with E-state index in [1.807, 2.05) is 53.4 Å². The van der Waals surface area contributed by atoms with Gasteiger partial charge in [-0.2, -0.15) is 0 Å². The Morgan fingerprint density at radius 3 is 2.31 bits per heavy atom. The maximum atomic E-state index is 12.7. The van der Waals surface area contributed by atoms with Crippen molar-refractivity contribution in [3.63, 3.8) is 0 Å². The minimum atomic E-state index is -0.165. The van der Waals surface area contributed by atoms with E-state index in [9.17, 15) is 14.4 Å². The number of rotatable bonds is 5. The van der Waals surface area contributed by atoms with E-state index in [1.54, 1.807) is 4.90 Å². The summed E-state index contributed by atoms with van der Waals surface area (Å²) in [6.07, 6.45) is 7.90. The van der Waals surface area contributed by atoms with Crippen molar-refractivity contribution in [1.82, 2.24) is 9.80 Å². The molecule has 5 rings (SSSR count). The zero-order valence-corrected chi connectivity index (χ0v) is 20.0. The van der Waals surface area contributed by atoms with Crippen LogP contribution in [-0.2, 0) is 11.3 Å². The van der Waals surface area contributed by atoms with Crippen LogP contribution < -0.4 is 10.2 Å². The number of benzene rings is 2. The zero-order chi connectivity index (χ0) is 24.2. The summed E-state index contributed by atoms with van der Waals surface area (Å²) in [4.78, 5) is 43.8. The highest BCUT2D eigenvalue weighted by molar-refractivity contribution is 6.07. The van der Waals surface area contributed by atoms with Gasteiger partial charge in [0.15, 0.2) is 5.78 Å². The standard InChI is InChI=1S/C28H32N4O3/c33-26(21-8-10-23(11-9-21)30-16-4-1-5-17-30)12-13-27(34)31-18-14-24(15-19-31)32-20-22-6-2-3-7-25(22)29-28(32)35/h2-3,6-13,24H,1,4-5,14-20H2,(H,29,35)/b13-12+. The molecule has 182 valence electrons. The van der Waals surface area contributed by atoms with Crippen LogP contribution in [0.2, 0.25) is 0 Å². The monoisotopic (exact) mass is 472 g/mol. The first kappa shape index (κ1) is 23.1. The number of fused-ring (bicyclic) bond motifs is 1. The summed E-state index contributed by atoms with van der Waals surface area (Å²) in [6, 6.07) is 15.5. The second-order valence-corrected chi connectivity index (χ2v) is 9.56. The SMILES string of the molecule is O=C(/C=C/C(=O)N1CCC(N2Cc3ccccc3NC2=O)CC1)c1ccc(N2CCCCC2)cc1. The van der Waals surface area contributed by atoms with Crippen LogP contribution in [0.4, 0.5) is 16.2 Å². The number of urea groups is 1. The molecule has 7 nitrogen and oxygen atoms in total. The molecule has 2 fully saturated rings. The lowest BCUT2D eigenvalue weighted by Gasteiger charge is -2.40. The minimum absolute atomic E-state index is 0.0784. The molecule has 0 aromatic heterocycles. The van der Waals surface area contributed by atoms with Gasteiger partial charge in [0.2, 0.25) is 5.91 Å². The molecule has 1 N–H and O–H groups in total. The second-order valence-electron chi connectivity index (χ2n) is 9.56. The Morgan fingerprint density at radius 1 is 0.857 bits per heavy atom. The molecule has 3 heterocycles. The fourth-order valence-electron chi connectivity index (χ4n) is 5.25. The highest BCUT2D eigenvalue weighted by Crippen LogP contribution is 2.27. The van der Waals surface area contributed by atoms with Gasteiger partial charge in [-0.1, -0.05) is 18.2 Å². The fraction of sp³-hybridized carbons (Fsp3) is 0.393. The van der Waals surface area contributed by atoms with Crippen LogP contribution in [0.3, 0.4) is 0 Å². The van der Waals surface area contributed by atoms with Crippen LogP contribution in [0.25, 0.3) is 0 Å². The van der Waals surface area contributed by atoms with Crippen molar-refractivity contribution in [3.8, 4) is 0 Å². The molecule has 0 spiro atoms. The lowest BCUT2D eigenvalue weighted by Crippen LogP contribution is -2.50. The van der Waals surface area contributed by atoms with E-state index in [2.05, 4.69) is 10.2 Å². The van der Waals surface area contributed by atoms with Crippen LogP contribution in [0, 0.1) is 0 Å². The number of carbonyl (C=O) groups excluding carboxylic acids is 3. The van der Waals surface area contributed by atoms with Crippen LogP contribution in [0.15, 0.2) is 60.7 Å². The van der Waals surface area contributed by atoms with E-state index < -0.39 is 0 Å². The van der Waals surface area contributed by atoms with E-state index in [0.717, 1.165) is 42.9 Å². The fourth-order valence-corrected chi connectivity index (χ4v) is 5.25. The summed E-state index contributed by atoms with van der Waals surface area (Å²) in [5.41, 5.74) is 3.72. The number of carbonyl (C=O) groups is 3. The molecule has 7 heteroatoms. The van der Waals surface area contributed by atoms with E-state index in [-0.39, 0.29) is 23.8 Å². The van der Waals surface area contributed by atoms with Gasteiger partial charge in [-0.3, -0.25) is 9.59 Å². The largest absolute Gasteiger partial charge is 0.372 e. The first-order valence-electron chi connectivity index (χ1n) is 12.6. The Morgan fingerprint density at radius 2 is 1.57 bits per heavy atom. The predicted octanol–water partition coefficient (Wildman–Crippen LogP) is 4.45. The van der Waals surface area contributed by atoms with Crippen molar-refractivity contribution >= 4 is 29.1 Å². The summed E-state index contributed by atoms with van der Waals surface area (Å²) >= 11 is 0. The van der Waals surface area contributed by atoms with Crippen molar-refractivity contribution < 1.29 is 14.4 Å². The van der Waals surface area contributed by atoms with Crippen molar-refractivity contribution in [1.29, 1.82) is 0 Å². The Hall–Kier alpha value is -3.61. The van der Waals surface area contributed by atoms with Gasteiger partial charge in [-0.05, 0) is 74.1 Å². The Kier molecular flexibility index (Phi) is 6.84. The minimum Gasteiger partial charge on any atom is -0.372 e. The molecule has 2 saturated heterocycles. The summed E-state index contributed by atoms with van der Waals surface area (Å²) in [6.45, 7) is 3.85. The average Bonchev–Trinajstić information content (AvgIpc) is 2.92. The first-order valence-corrected chi connectivity index (χ1v) is 12.6. The van der Waals surface area contributed by atoms with Gasteiger partial charge in [-0.15, -0.1) is 0 Å². The molecule has 3 aliphatic rings. The Labute approximate surface area is 206 Å². The van der Waals surface area contributed by atoms with Crippen molar-refractivity contribution in [2.24, 2.45) is 0 Å². The smallest absolute Gasteiger partial charge is 0.322 e. The van der Waals surface area contributed by atoms with Gasteiger partial charge in [0.1, 0.15) is 0 Å². The molecule has 3 aliphatic heterocycles. The number of nitrogens with zero attached hydrogens (tertiary/aromatic N) is 3. The lowest BCUT2D eigenvalue weighted by atomic mass is 10.0. The number of ketones is 1. The number of hydrogen-bond acceptors (Lipinski definition) is 4. The zero-order valence-electron chi connectivity index (χ0n) is 20.0. The topological polar surface area (TPSA) is 73.0 Å². The molecule has 0 atom stereocenters. The van der Waals surface area contributed by atoms with Crippen LogP contribution in [0.5, 0.6) is 0 Å². The number of allylic oxidation sites excluding steroid dienone is 1. The summed E-state index contributed by atoms with van der Waals surface area (Å²) in [7, 11) is 0. The van der Waals surface area contributed by atoms with Crippen LogP contribution in [-0.4, -0.2) is 59.7 Å². The van der Waals surface area contributed by atoms with Gasteiger partial charge >= 0.3 is 6.03 Å². The van der Waals surface area contributed by atoms with Crippen molar-refractivity contribution in [2.45, 2.75) is 44.7 Å². The molecular weight excluding hydrogens is 440 g/mol. The number of nitrogens with one attached hydrogen (secondary N) is 1. The predicted molar refractivity (Wildman–Crippen MR) is 137 cm³/mol.